The lowest BCUT2D eigenvalue weighted by atomic mass is 10.00. The second-order valence-electron chi connectivity index (χ2n) is 6.04. The molecule has 3 rings (SSSR count). The molecule has 2 heterocycles. The Balaban J connectivity index is 1.52. The molecule has 2 N–H and O–H groups in total. The molecule has 2 atom stereocenters. The normalized spacial score (nSPS) is 27.0. The van der Waals surface area contributed by atoms with Crippen molar-refractivity contribution < 1.29 is 18.1 Å². The molecule has 21 heavy (non-hydrogen) atoms. The van der Waals surface area contributed by atoms with Gasteiger partial charge in [0.1, 0.15) is 6.54 Å². The molecule has 5 nitrogen and oxygen atoms in total. The van der Waals surface area contributed by atoms with Crippen LogP contribution in [0.2, 0.25) is 0 Å². The Hall–Kier alpha value is -1.40. The Morgan fingerprint density at radius 1 is 1.29 bits per heavy atom. The van der Waals surface area contributed by atoms with E-state index in [2.05, 4.69) is 23.5 Å². The molecule has 0 aromatic heterocycles. The van der Waals surface area contributed by atoms with E-state index in [0.29, 0.717) is 13.0 Å². The van der Waals surface area contributed by atoms with Crippen molar-refractivity contribution in [2.24, 2.45) is 0 Å². The zero-order valence-corrected chi connectivity index (χ0v) is 12.8. The van der Waals surface area contributed by atoms with E-state index in [-0.39, 0.29) is 23.5 Å². The predicted molar refractivity (Wildman–Crippen MR) is 79.7 cm³/mol. The molecule has 1 amide bonds. The average Bonchev–Trinajstić information content (AvgIpc) is 2.77. The maximum atomic E-state index is 12.1. The van der Waals surface area contributed by atoms with Crippen molar-refractivity contribution >= 4 is 15.7 Å². The van der Waals surface area contributed by atoms with Crippen LogP contribution in [0.25, 0.3) is 0 Å². The van der Waals surface area contributed by atoms with E-state index in [1.165, 1.54) is 16.0 Å². The third kappa shape index (κ3) is 3.63. The molecule has 0 saturated carbocycles. The molecule has 0 bridgehead atoms. The first-order chi connectivity index (χ1) is 10.0. The lowest BCUT2D eigenvalue weighted by Gasteiger charge is -2.25. The van der Waals surface area contributed by atoms with Crippen LogP contribution in [0.5, 0.6) is 0 Å². The Labute approximate surface area is 125 Å². The van der Waals surface area contributed by atoms with Crippen molar-refractivity contribution in [1.29, 1.82) is 0 Å². The maximum Gasteiger partial charge on any atom is 0.275 e. The Bertz CT molecular complexity index is 642. The van der Waals surface area contributed by atoms with Crippen molar-refractivity contribution in [2.45, 2.75) is 25.4 Å². The van der Waals surface area contributed by atoms with Crippen LogP contribution in [0.4, 0.5) is 0 Å². The zero-order chi connectivity index (χ0) is 14.9. The van der Waals surface area contributed by atoms with Crippen LogP contribution in [0.3, 0.4) is 0 Å². The van der Waals surface area contributed by atoms with E-state index in [1.807, 2.05) is 6.07 Å². The lowest BCUT2D eigenvalue weighted by molar-refractivity contribution is -0.908. The highest BCUT2D eigenvalue weighted by atomic mass is 32.2. The number of fused-ring (bicyclic) bond motifs is 1. The molecular formula is C15H21N2O3S+. The number of carbonyl (C=O) groups is 1. The van der Waals surface area contributed by atoms with Gasteiger partial charge in [-0.15, -0.1) is 0 Å². The zero-order valence-electron chi connectivity index (χ0n) is 12.0. The summed E-state index contributed by atoms with van der Waals surface area (Å²) in [6, 6.07) is 8.16. The highest BCUT2D eigenvalue weighted by molar-refractivity contribution is 7.91. The summed E-state index contributed by atoms with van der Waals surface area (Å²) < 4.78 is 22.8. The summed E-state index contributed by atoms with van der Waals surface area (Å²) in [5.41, 5.74) is 2.69. The second-order valence-corrected chi connectivity index (χ2v) is 8.27. The number of nitrogens with one attached hydrogen (secondary N) is 2. The molecule has 1 saturated heterocycles. The van der Waals surface area contributed by atoms with Crippen molar-refractivity contribution in [3.05, 3.63) is 35.4 Å². The fraction of sp³-hybridized carbons (Fsp3) is 0.533. The van der Waals surface area contributed by atoms with E-state index < -0.39 is 9.84 Å². The summed E-state index contributed by atoms with van der Waals surface area (Å²) in [6.45, 7) is 2.24. The van der Waals surface area contributed by atoms with Crippen LogP contribution < -0.4 is 10.2 Å². The number of amides is 1. The highest BCUT2D eigenvalue weighted by Gasteiger charge is 2.30. The van der Waals surface area contributed by atoms with Gasteiger partial charge in [-0.1, -0.05) is 24.3 Å². The predicted octanol–water partition coefficient (Wildman–Crippen LogP) is -1.07. The molecule has 6 heteroatoms. The maximum absolute atomic E-state index is 12.1. The van der Waals surface area contributed by atoms with Gasteiger partial charge in [0.15, 0.2) is 16.4 Å². The van der Waals surface area contributed by atoms with E-state index >= 15 is 0 Å². The summed E-state index contributed by atoms with van der Waals surface area (Å²) in [4.78, 5) is 13.3. The van der Waals surface area contributed by atoms with Gasteiger partial charge >= 0.3 is 0 Å². The summed E-state index contributed by atoms with van der Waals surface area (Å²) in [6.07, 6.45) is 1.54. The quantitative estimate of drug-likeness (QED) is 0.747. The van der Waals surface area contributed by atoms with Crippen molar-refractivity contribution in [1.82, 2.24) is 5.32 Å². The standard InChI is InChI=1S/C15H20N2O3S/c18-15(16-14-6-8-21(19,20)11-14)10-17-7-5-12-3-1-2-4-13(12)9-17/h1-4,14H,5-11H2,(H,16,18)/p+1/t14-/m0/s1. The minimum absolute atomic E-state index is 0.0357. The van der Waals surface area contributed by atoms with E-state index in [0.717, 1.165) is 19.5 Å². The van der Waals surface area contributed by atoms with Crippen LogP contribution in [0, 0.1) is 0 Å². The van der Waals surface area contributed by atoms with E-state index in [4.69, 9.17) is 0 Å². The number of quaternary nitrogens is 1. The first-order valence-electron chi connectivity index (χ1n) is 7.42. The van der Waals surface area contributed by atoms with E-state index in [9.17, 15) is 13.2 Å². The van der Waals surface area contributed by atoms with Gasteiger partial charge in [0.05, 0.1) is 18.1 Å². The lowest BCUT2D eigenvalue weighted by Crippen LogP contribution is -3.13. The van der Waals surface area contributed by atoms with Gasteiger partial charge < -0.3 is 10.2 Å². The van der Waals surface area contributed by atoms with E-state index in [1.54, 1.807) is 0 Å². The van der Waals surface area contributed by atoms with Gasteiger partial charge in [0, 0.05) is 18.0 Å². The number of sulfone groups is 1. The van der Waals surface area contributed by atoms with Gasteiger partial charge in [-0.3, -0.25) is 4.79 Å². The second kappa shape index (κ2) is 5.77. The summed E-state index contributed by atoms with van der Waals surface area (Å²) in [5.74, 6) is 0.255. The molecule has 1 fully saturated rings. The molecule has 0 aliphatic carbocycles. The van der Waals surface area contributed by atoms with Crippen molar-refractivity contribution in [3.8, 4) is 0 Å². The minimum Gasteiger partial charge on any atom is -0.347 e. The molecule has 0 radical (unpaired) electrons. The van der Waals surface area contributed by atoms with Crippen molar-refractivity contribution in [2.75, 3.05) is 24.6 Å². The van der Waals surface area contributed by atoms with Crippen LogP contribution in [-0.2, 0) is 27.6 Å². The Morgan fingerprint density at radius 2 is 2.05 bits per heavy atom. The first kappa shape index (κ1) is 14.5. The number of hydrogen-bond acceptors (Lipinski definition) is 3. The van der Waals surface area contributed by atoms with Gasteiger partial charge in [0.25, 0.3) is 5.91 Å². The fourth-order valence-corrected chi connectivity index (χ4v) is 4.88. The van der Waals surface area contributed by atoms with Crippen LogP contribution in [0.15, 0.2) is 24.3 Å². The van der Waals surface area contributed by atoms with Crippen molar-refractivity contribution in [3.63, 3.8) is 0 Å². The van der Waals surface area contributed by atoms with Crippen LogP contribution in [0.1, 0.15) is 17.5 Å². The summed E-state index contributed by atoms with van der Waals surface area (Å²) >= 11 is 0. The molecule has 2 aliphatic rings. The Morgan fingerprint density at radius 3 is 2.76 bits per heavy atom. The average molecular weight is 309 g/mol. The third-order valence-electron chi connectivity index (χ3n) is 4.31. The highest BCUT2D eigenvalue weighted by Crippen LogP contribution is 2.11. The number of benzene rings is 1. The molecular weight excluding hydrogens is 288 g/mol. The summed E-state index contributed by atoms with van der Waals surface area (Å²) in [7, 11) is -2.94. The number of rotatable bonds is 3. The van der Waals surface area contributed by atoms with Crippen LogP contribution in [-0.4, -0.2) is 45.0 Å². The van der Waals surface area contributed by atoms with Gasteiger partial charge in [-0.2, -0.15) is 0 Å². The monoisotopic (exact) mass is 309 g/mol. The number of hydrogen-bond donors (Lipinski definition) is 2. The largest absolute Gasteiger partial charge is 0.347 e. The topological polar surface area (TPSA) is 67.7 Å². The van der Waals surface area contributed by atoms with Gasteiger partial charge in [0.2, 0.25) is 0 Å². The molecule has 1 unspecified atom stereocenters. The third-order valence-corrected chi connectivity index (χ3v) is 6.08. The first-order valence-corrected chi connectivity index (χ1v) is 9.24. The van der Waals surface area contributed by atoms with Gasteiger partial charge in [-0.25, -0.2) is 8.42 Å². The fourth-order valence-electron chi connectivity index (χ4n) is 3.21. The SMILES string of the molecule is O=C(C[NH+]1CCc2ccccc2C1)N[C@H]1CCS(=O)(=O)C1. The number of carbonyl (C=O) groups excluding carboxylic acids is 1. The Kier molecular flexibility index (Phi) is 3.99. The smallest absolute Gasteiger partial charge is 0.275 e. The van der Waals surface area contributed by atoms with Crippen LogP contribution >= 0.6 is 0 Å². The molecule has 0 spiro atoms. The van der Waals surface area contributed by atoms with Gasteiger partial charge in [-0.05, 0) is 12.0 Å². The molecule has 2 aliphatic heterocycles. The minimum atomic E-state index is -2.94. The molecule has 1 aromatic rings. The summed E-state index contributed by atoms with van der Waals surface area (Å²) in [5, 5.41) is 2.87. The molecule has 114 valence electrons. The molecule has 1 aromatic carbocycles.